The van der Waals surface area contributed by atoms with Gasteiger partial charge in [0.05, 0.1) is 5.69 Å². The van der Waals surface area contributed by atoms with Gasteiger partial charge in [-0.25, -0.2) is 13.7 Å². The third-order valence-electron chi connectivity index (χ3n) is 5.61. The van der Waals surface area contributed by atoms with Gasteiger partial charge in [0, 0.05) is 5.92 Å². The zero-order valence-corrected chi connectivity index (χ0v) is 16.9. The molecule has 0 spiro atoms. The Morgan fingerprint density at radius 1 is 1.10 bits per heavy atom. The molecule has 1 aliphatic carbocycles. The van der Waals surface area contributed by atoms with Gasteiger partial charge in [0.2, 0.25) is 0 Å². The van der Waals surface area contributed by atoms with Crippen LogP contribution in [0.1, 0.15) is 17.9 Å². The molecule has 3 atom stereocenters. The molecule has 1 N–H and O–H groups in total. The number of anilines is 1. The van der Waals surface area contributed by atoms with Gasteiger partial charge in [-0.15, -0.1) is 23.2 Å². The van der Waals surface area contributed by atoms with Gasteiger partial charge in [0.1, 0.15) is 5.82 Å². The summed E-state index contributed by atoms with van der Waals surface area (Å²) in [5, 5.41) is 9.55. The largest absolute Gasteiger partial charge is 0.505 e. The molecule has 1 saturated heterocycles. The van der Waals surface area contributed by atoms with E-state index in [2.05, 4.69) is 6.58 Å². The Labute approximate surface area is 181 Å². The molecule has 1 heterocycles. The maximum absolute atomic E-state index is 14.1. The van der Waals surface area contributed by atoms with Gasteiger partial charge in [-0.2, -0.15) is 0 Å². The van der Waals surface area contributed by atoms with Gasteiger partial charge in [0.15, 0.2) is 21.3 Å². The number of phenolic OH excluding ortho intramolecular Hbond substituents is 1. The first-order chi connectivity index (χ1) is 14.1. The number of phenols is 1. The van der Waals surface area contributed by atoms with E-state index in [1.807, 2.05) is 0 Å². The summed E-state index contributed by atoms with van der Waals surface area (Å²) in [5.41, 5.74) is 0.864. The average molecular weight is 450 g/mol. The van der Waals surface area contributed by atoms with Crippen molar-refractivity contribution < 1.29 is 23.5 Å². The number of nitrogens with zero attached hydrogens (tertiary/aromatic N) is 1. The molecule has 2 aromatic rings. The highest BCUT2D eigenvalue weighted by Crippen LogP contribution is 2.59. The van der Waals surface area contributed by atoms with E-state index in [1.165, 1.54) is 24.3 Å². The van der Waals surface area contributed by atoms with Crippen LogP contribution in [0.4, 0.5) is 14.5 Å². The van der Waals surface area contributed by atoms with Crippen molar-refractivity contribution in [3.05, 3.63) is 84.0 Å². The van der Waals surface area contributed by atoms with Crippen molar-refractivity contribution in [3.8, 4) is 5.75 Å². The van der Waals surface area contributed by atoms with E-state index in [9.17, 15) is 23.5 Å². The van der Waals surface area contributed by atoms with E-state index in [1.54, 1.807) is 6.08 Å². The topological polar surface area (TPSA) is 57.6 Å². The average Bonchev–Trinajstić information content (AvgIpc) is 2.88. The monoisotopic (exact) mass is 449 g/mol. The molecule has 2 aliphatic rings. The lowest BCUT2D eigenvalue weighted by Gasteiger charge is -2.42. The Bertz CT molecular complexity index is 1120. The minimum atomic E-state index is -2.00. The number of carbonyl (C=O) groups is 2. The maximum atomic E-state index is 14.1. The summed E-state index contributed by atoms with van der Waals surface area (Å²) in [7, 11) is 0. The first kappa shape index (κ1) is 20.6. The number of alkyl halides is 2. The second-order valence-corrected chi connectivity index (χ2v) is 8.43. The first-order valence-electron chi connectivity index (χ1n) is 8.98. The van der Waals surface area contributed by atoms with Crippen LogP contribution in [-0.2, 0) is 9.59 Å². The second-order valence-electron chi connectivity index (χ2n) is 7.19. The fourth-order valence-electron chi connectivity index (χ4n) is 4.10. The molecule has 1 aliphatic heterocycles. The highest BCUT2D eigenvalue weighted by atomic mass is 35.5. The Balaban J connectivity index is 1.92. The van der Waals surface area contributed by atoms with Crippen LogP contribution in [0, 0.1) is 11.6 Å². The van der Waals surface area contributed by atoms with Crippen molar-refractivity contribution in [2.75, 3.05) is 4.90 Å². The predicted octanol–water partition coefficient (Wildman–Crippen LogP) is 4.80. The van der Waals surface area contributed by atoms with Gasteiger partial charge < -0.3 is 5.11 Å². The number of imide groups is 1. The molecular formula is C22H15Cl2F2NO3. The van der Waals surface area contributed by atoms with Crippen molar-refractivity contribution in [1.29, 1.82) is 0 Å². The quantitative estimate of drug-likeness (QED) is 0.540. The third kappa shape index (κ3) is 2.63. The summed E-state index contributed by atoms with van der Waals surface area (Å²) in [6.45, 7) is 3.73. The lowest BCUT2D eigenvalue weighted by molar-refractivity contribution is -0.122. The van der Waals surface area contributed by atoms with Crippen LogP contribution in [0.25, 0.3) is 0 Å². The van der Waals surface area contributed by atoms with Gasteiger partial charge in [-0.05, 0) is 54.0 Å². The number of fused-ring (bicyclic) bond motifs is 1. The minimum absolute atomic E-state index is 0.0568. The van der Waals surface area contributed by atoms with Crippen molar-refractivity contribution in [2.24, 2.45) is 0 Å². The highest BCUT2D eigenvalue weighted by molar-refractivity contribution is 6.58. The number of carbonyl (C=O) groups excluding carboxylic acids is 2. The standard InChI is InChI=1S/C22H15Cl2F2NO3/c1-2-12-9-10-21(23)19(29)27(15-6-4-14(25)5-7-15)20(30)22(21,24)18(12)13-3-8-17(28)16(26)11-13/h2-9,11,18,28H,1,10H2. The number of benzene rings is 2. The summed E-state index contributed by atoms with van der Waals surface area (Å²) in [6, 6.07) is 8.36. The predicted molar refractivity (Wildman–Crippen MR) is 110 cm³/mol. The fraction of sp³-hybridized carbons (Fsp3) is 0.182. The number of hydrogen-bond donors (Lipinski definition) is 1. The normalized spacial score (nSPS) is 28.3. The van der Waals surface area contributed by atoms with E-state index >= 15 is 0 Å². The lowest BCUT2D eigenvalue weighted by atomic mass is 9.68. The molecule has 4 rings (SSSR count). The lowest BCUT2D eigenvalue weighted by Crippen LogP contribution is -2.54. The van der Waals surface area contributed by atoms with Gasteiger partial charge in [0.25, 0.3) is 11.8 Å². The number of aromatic hydroxyl groups is 1. The van der Waals surface area contributed by atoms with Crippen molar-refractivity contribution in [1.82, 2.24) is 0 Å². The molecule has 8 heteroatoms. The molecule has 0 aromatic heterocycles. The van der Waals surface area contributed by atoms with E-state index in [0.29, 0.717) is 5.57 Å². The van der Waals surface area contributed by atoms with E-state index in [-0.39, 0.29) is 17.7 Å². The van der Waals surface area contributed by atoms with Gasteiger partial charge >= 0.3 is 0 Å². The summed E-state index contributed by atoms with van der Waals surface area (Å²) in [6.07, 6.45) is 3.04. The molecule has 154 valence electrons. The van der Waals surface area contributed by atoms with Crippen LogP contribution in [-0.4, -0.2) is 26.7 Å². The third-order valence-corrected chi connectivity index (χ3v) is 7.02. The van der Waals surface area contributed by atoms with Crippen LogP contribution in [0.5, 0.6) is 5.75 Å². The zero-order valence-electron chi connectivity index (χ0n) is 15.4. The maximum Gasteiger partial charge on any atom is 0.258 e. The van der Waals surface area contributed by atoms with Crippen molar-refractivity contribution >= 4 is 40.7 Å². The Hall–Kier alpha value is -2.70. The minimum Gasteiger partial charge on any atom is -0.505 e. The number of amides is 2. The summed E-state index contributed by atoms with van der Waals surface area (Å²) < 4.78 is 27.5. The molecule has 0 saturated carbocycles. The number of hydrogen-bond acceptors (Lipinski definition) is 3. The van der Waals surface area contributed by atoms with E-state index < -0.39 is 44.9 Å². The molecule has 4 nitrogen and oxygen atoms in total. The molecule has 3 unspecified atom stereocenters. The highest BCUT2D eigenvalue weighted by Gasteiger charge is 2.73. The molecular weight excluding hydrogens is 435 g/mol. The smallest absolute Gasteiger partial charge is 0.258 e. The molecule has 30 heavy (non-hydrogen) atoms. The first-order valence-corrected chi connectivity index (χ1v) is 9.74. The Morgan fingerprint density at radius 2 is 1.77 bits per heavy atom. The summed E-state index contributed by atoms with van der Waals surface area (Å²) in [4.78, 5) is 23.8. The van der Waals surface area contributed by atoms with Crippen LogP contribution < -0.4 is 4.90 Å². The van der Waals surface area contributed by atoms with Crippen LogP contribution in [0.3, 0.4) is 0 Å². The molecule has 2 amide bonds. The summed E-state index contributed by atoms with van der Waals surface area (Å²) >= 11 is 13.6. The van der Waals surface area contributed by atoms with Crippen molar-refractivity contribution in [2.45, 2.75) is 22.1 Å². The van der Waals surface area contributed by atoms with Crippen LogP contribution in [0.15, 0.2) is 66.8 Å². The van der Waals surface area contributed by atoms with Gasteiger partial charge in [-0.3, -0.25) is 9.59 Å². The number of halogens is 4. The van der Waals surface area contributed by atoms with E-state index in [0.717, 1.165) is 29.2 Å². The molecule has 2 aromatic carbocycles. The molecule has 0 bridgehead atoms. The summed E-state index contributed by atoms with van der Waals surface area (Å²) in [5.74, 6) is -4.58. The van der Waals surface area contributed by atoms with Gasteiger partial charge in [-0.1, -0.05) is 24.8 Å². The Morgan fingerprint density at radius 3 is 2.37 bits per heavy atom. The number of allylic oxidation sites excluding steroid dienone is 3. The van der Waals surface area contributed by atoms with E-state index in [4.69, 9.17) is 23.2 Å². The number of rotatable bonds is 3. The molecule has 0 radical (unpaired) electrons. The van der Waals surface area contributed by atoms with Crippen LogP contribution >= 0.6 is 23.2 Å². The second kappa shape index (κ2) is 6.93. The SMILES string of the molecule is C=CC1=CCC2(Cl)C(=O)N(c3ccc(F)cc3)C(=O)C2(Cl)C1c1ccc(O)c(F)c1. The van der Waals surface area contributed by atoms with Crippen LogP contribution in [0.2, 0.25) is 0 Å². The fourth-order valence-corrected chi connectivity index (χ4v) is 4.95. The molecule has 1 fully saturated rings. The Kier molecular flexibility index (Phi) is 4.75. The zero-order chi connectivity index (χ0) is 21.8. The van der Waals surface area contributed by atoms with Crippen molar-refractivity contribution in [3.63, 3.8) is 0 Å².